The first kappa shape index (κ1) is 13.4. The summed E-state index contributed by atoms with van der Waals surface area (Å²) >= 11 is 1.52. The van der Waals surface area contributed by atoms with Crippen LogP contribution < -0.4 is 5.32 Å². The molecule has 6 heteroatoms. The number of nitrogens with zero attached hydrogens (tertiary/aromatic N) is 3. The van der Waals surface area contributed by atoms with E-state index in [1.165, 1.54) is 24.6 Å². The van der Waals surface area contributed by atoms with Crippen LogP contribution in [-0.2, 0) is 0 Å². The number of aromatic nitrogens is 2. The molecule has 1 aromatic rings. The number of rotatable bonds is 6. The maximum absolute atomic E-state index is 9.31. The van der Waals surface area contributed by atoms with E-state index in [4.69, 9.17) is 4.42 Å². The van der Waals surface area contributed by atoms with Crippen molar-refractivity contribution in [2.75, 3.05) is 0 Å². The van der Waals surface area contributed by atoms with Gasteiger partial charge in [-0.05, 0) is 26.2 Å². The zero-order valence-corrected chi connectivity index (χ0v) is 11.8. The molecular formula is C12H18N4OS. The lowest BCUT2D eigenvalue weighted by atomic mass is 9.98. The fourth-order valence-electron chi connectivity index (χ4n) is 1.93. The summed E-state index contributed by atoms with van der Waals surface area (Å²) in [6.07, 6.45) is 3.12. The Labute approximate surface area is 111 Å². The molecule has 0 spiro atoms. The third kappa shape index (κ3) is 3.72. The standard InChI is InChI=1S/C12H18N4OS/c1-8(18-11-16-15-9(2)17-11)6-12(3,7-13)14-10-4-5-10/h8,10,14H,4-6H2,1-3H3. The predicted molar refractivity (Wildman–Crippen MR) is 69.1 cm³/mol. The summed E-state index contributed by atoms with van der Waals surface area (Å²) < 4.78 is 5.33. The van der Waals surface area contributed by atoms with E-state index in [0.717, 1.165) is 6.42 Å². The molecule has 18 heavy (non-hydrogen) atoms. The Hall–Kier alpha value is -1.06. The second-order valence-electron chi connectivity index (χ2n) is 5.08. The van der Waals surface area contributed by atoms with Gasteiger partial charge in [0.25, 0.3) is 5.22 Å². The van der Waals surface area contributed by atoms with Crippen molar-refractivity contribution in [2.24, 2.45) is 0 Å². The number of thioether (sulfide) groups is 1. The predicted octanol–water partition coefficient (Wildman–Crippen LogP) is 2.28. The first-order chi connectivity index (χ1) is 8.50. The van der Waals surface area contributed by atoms with Gasteiger partial charge in [0.05, 0.1) is 6.07 Å². The van der Waals surface area contributed by atoms with Crippen LogP contribution in [0.25, 0.3) is 0 Å². The van der Waals surface area contributed by atoms with Gasteiger partial charge in [0.2, 0.25) is 5.89 Å². The fraction of sp³-hybridized carbons (Fsp3) is 0.750. The highest BCUT2D eigenvalue weighted by Crippen LogP contribution is 2.30. The fourth-order valence-corrected chi connectivity index (χ4v) is 2.95. The minimum atomic E-state index is -0.470. The normalized spacial score (nSPS) is 20.1. The maximum Gasteiger partial charge on any atom is 0.276 e. The topological polar surface area (TPSA) is 74.7 Å². The smallest absolute Gasteiger partial charge is 0.276 e. The Morgan fingerprint density at radius 2 is 2.33 bits per heavy atom. The molecule has 0 aromatic carbocycles. The van der Waals surface area contributed by atoms with E-state index < -0.39 is 5.54 Å². The largest absolute Gasteiger partial charge is 0.416 e. The van der Waals surface area contributed by atoms with Crippen molar-refractivity contribution in [2.45, 2.75) is 62.1 Å². The van der Waals surface area contributed by atoms with Gasteiger partial charge >= 0.3 is 0 Å². The van der Waals surface area contributed by atoms with E-state index in [1.54, 1.807) is 6.92 Å². The van der Waals surface area contributed by atoms with Crippen molar-refractivity contribution in [1.82, 2.24) is 15.5 Å². The van der Waals surface area contributed by atoms with Crippen LogP contribution in [0.1, 0.15) is 39.0 Å². The SMILES string of the molecule is Cc1nnc(SC(C)CC(C)(C#N)NC2CC2)o1. The van der Waals surface area contributed by atoms with Crippen molar-refractivity contribution < 1.29 is 4.42 Å². The van der Waals surface area contributed by atoms with Crippen LogP contribution in [0.4, 0.5) is 0 Å². The molecule has 5 nitrogen and oxygen atoms in total. The number of hydrogen-bond acceptors (Lipinski definition) is 6. The van der Waals surface area contributed by atoms with Crippen LogP contribution in [0.2, 0.25) is 0 Å². The summed E-state index contributed by atoms with van der Waals surface area (Å²) in [6, 6.07) is 2.91. The zero-order valence-electron chi connectivity index (χ0n) is 10.9. The summed E-state index contributed by atoms with van der Waals surface area (Å²) in [5, 5.41) is 21.3. The van der Waals surface area contributed by atoms with Crippen LogP contribution in [0.5, 0.6) is 0 Å². The van der Waals surface area contributed by atoms with Crippen LogP contribution in [-0.4, -0.2) is 27.0 Å². The lowest BCUT2D eigenvalue weighted by molar-refractivity contribution is 0.408. The Morgan fingerprint density at radius 1 is 1.61 bits per heavy atom. The molecule has 0 saturated heterocycles. The van der Waals surface area contributed by atoms with Crippen LogP contribution in [0.15, 0.2) is 9.64 Å². The second-order valence-corrected chi connectivity index (χ2v) is 6.47. The van der Waals surface area contributed by atoms with E-state index in [9.17, 15) is 5.26 Å². The van der Waals surface area contributed by atoms with Gasteiger partial charge in [0.1, 0.15) is 5.54 Å². The van der Waals surface area contributed by atoms with E-state index in [0.29, 0.717) is 17.2 Å². The molecule has 0 bridgehead atoms. The second kappa shape index (κ2) is 5.29. The van der Waals surface area contributed by atoms with Gasteiger partial charge in [-0.25, -0.2) is 0 Å². The molecule has 1 aliphatic carbocycles. The Morgan fingerprint density at radius 3 is 2.83 bits per heavy atom. The molecule has 1 N–H and O–H groups in total. The molecule has 2 unspecified atom stereocenters. The lowest BCUT2D eigenvalue weighted by Crippen LogP contribution is -2.44. The van der Waals surface area contributed by atoms with E-state index in [2.05, 4.69) is 28.5 Å². The Bertz CT molecular complexity index is 451. The Balaban J connectivity index is 1.88. The third-order valence-corrected chi connectivity index (χ3v) is 3.79. The van der Waals surface area contributed by atoms with Gasteiger partial charge in [-0.1, -0.05) is 18.7 Å². The molecular weight excluding hydrogens is 248 g/mol. The number of hydrogen-bond donors (Lipinski definition) is 1. The van der Waals surface area contributed by atoms with E-state index in [1.807, 2.05) is 6.92 Å². The molecule has 1 fully saturated rings. The van der Waals surface area contributed by atoms with Gasteiger partial charge in [-0.15, -0.1) is 10.2 Å². The van der Waals surface area contributed by atoms with Crippen LogP contribution in [0.3, 0.4) is 0 Å². The first-order valence-corrected chi connectivity index (χ1v) is 7.04. The van der Waals surface area contributed by atoms with Crippen molar-refractivity contribution in [3.8, 4) is 6.07 Å². The number of nitrogens with one attached hydrogen (secondary N) is 1. The molecule has 98 valence electrons. The van der Waals surface area contributed by atoms with Crippen molar-refractivity contribution in [3.05, 3.63) is 5.89 Å². The average Bonchev–Trinajstić information content (AvgIpc) is 3.00. The molecule has 2 rings (SSSR count). The molecule has 0 amide bonds. The van der Waals surface area contributed by atoms with Gasteiger partial charge in [-0.3, -0.25) is 5.32 Å². The van der Waals surface area contributed by atoms with Crippen molar-refractivity contribution >= 4 is 11.8 Å². The van der Waals surface area contributed by atoms with Crippen molar-refractivity contribution in [1.29, 1.82) is 5.26 Å². The maximum atomic E-state index is 9.31. The summed E-state index contributed by atoms with van der Waals surface area (Å²) in [5.74, 6) is 0.573. The Kier molecular flexibility index (Phi) is 3.93. The molecule has 1 aliphatic rings. The van der Waals surface area contributed by atoms with Crippen LogP contribution >= 0.6 is 11.8 Å². The summed E-state index contributed by atoms with van der Waals surface area (Å²) in [5.41, 5.74) is -0.470. The minimum absolute atomic E-state index is 0.251. The molecule has 1 saturated carbocycles. The highest BCUT2D eigenvalue weighted by molar-refractivity contribution is 7.99. The number of aryl methyl sites for hydroxylation is 1. The van der Waals surface area contributed by atoms with E-state index in [-0.39, 0.29) is 5.25 Å². The van der Waals surface area contributed by atoms with E-state index >= 15 is 0 Å². The minimum Gasteiger partial charge on any atom is -0.416 e. The van der Waals surface area contributed by atoms with Gasteiger partial charge in [-0.2, -0.15) is 5.26 Å². The highest BCUT2D eigenvalue weighted by Gasteiger charge is 2.34. The molecule has 0 aliphatic heterocycles. The molecule has 1 aromatic heterocycles. The summed E-state index contributed by atoms with van der Waals surface area (Å²) in [6.45, 7) is 5.81. The molecule has 2 atom stereocenters. The molecule has 0 radical (unpaired) electrons. The highest BCUT2D eigenvalue weighted by atomic mass is 32.2. The third-order valence-electron chi connectivity index (χ3n) is 2.85. The monoisotopic (exact) mass is 266 g/mol. The quantitative estimate of drug-likeness (QED) is 0.796. The van der Waals surface area contributed by atoms with Crippen LogP contribution in [0, 0.1) is 18.3 Å². The number of nitriles is 1. The lowest BCUT2D eigenvalue weighted by Gasteiger charge is -2.25. The average molecular weight is 266 g/mol. The zero-order chi connectivity index (χ0) is 13.2. The first-order valence-electron chi connectivity index (χ1n) is 6.16. The van der Waals surface area contributed by atoms with Gasteiger partial charge in [0.15, 0.2) is 0 Å². The van der Waals surface area contributed by atoms with Gasteiger partial charge in [0, 0.05) is 18.2 Å². The summed E-state index contributed by atoms with van der Waals surface area (Å²) in [4.78, 5) is 0. The van der Waals surface area contributed by atoms with Crippen molar-refractivity contribution in [3.63, 3.8) is 0 Å². The molecule has 1 heterocycles. The summed E-state index contributed by atoms with van der Waals surface area (Å²) in [7, 11) is 0. The van der Waals surface area contributed by atoms with Gasteiger partial charge < -0.3 is 4.42 Å².